The third-order valence-electron chi connectivity index (χ3n) is 8.01. The van der Waals surface area contributed by atoms with Gasteiger partial charge in [0.2, 0.25) is 17.8 Å². The third kappa shape index (κ3) is 11.2. The summed E-state index contributed by atoms with van der Waals surface area (Å²) in [6, 6.07) is 16.5. The molecule has 3 heterocycles. The van der Waals surface area contributed by atoms with Crippen molar-refractivity contribution in [1.82, 2.24) is 35.6 Å². The summed E-state index contributed by atoms with van der Waals surface area (Å²) in [6.07, 6.45) is 1.01. The Labute approximate surface area is 325 Å². The molecule has 1 saturated carbocycles. The van der Waals surface area contributed by atoms with Gasteiger partial charge in [-0.25, -0.2) is 9.78 Å². The van der Waals surface area contributed by atoms with Crippen LogP contribution >= 0.6 is 11.6 Å². The molecular weight excluding hydrogens is 777 g/mol. The smallest absolute Gasteiger partial charge is 0.422 e. The van der Waals surface area contributed by atoms with E-state index in [2.05, 4.69) is 51.5 Å². The highest BCUT2D eigenvalue weighted by atomic mass is 35.5. The molecular formula is C36H30ClF3N10O7. The number of ether oxygens (including phenoxy) is 2. The number of benzene rings is 2. The summed E-state index contributed by atoms with van der Waals surface area (Å²) in [5.41, 5.74) is 0.743. The standard InChI is InChI=1S/C36H30ClF3N10O7/c37-22-7-5-21(6-8-22)35(13-14-35)50-33-47-32(48-34(49-33)56-19-36(38,39)40)45-23-9-3-20(4-10-23)28(51)46-26(31(54)55)18-43-29(52)30(53)44-24-11-12-27(42-16-24)57-25-2-1-15-41-17-25/h1-12,15-17,26H,13-14,18-19H2,(H,43,52)(H,44,53)(H,46,51)(H,54,55)(H2,45,47,48,49,50)/t26-/m0/s1. The van der Waals surface area contributed by atoms with Gasteiger partial charge in [0.25, 0.3) is 5.91 Å². The van der Waals surface area contributed by atoms with Crippen molar-refractivity contribution in [3.05, 3.63) is 108 Å². The molecule has 1 fully saturated rings. The van der Waals surface area contributed by atoms with Gasteiger partial charge in [0, 0.05) is 35.1 Å². The van der Waals surface area contributed by atoms with Crippen molar-refractivity contribution < 1.29 is 46.9 Å². The number of alkyl halides is 3. The lowest BCUT2D eigenvalue weighted by atomic mass is 10.1. The number of aromatic nitrogens is 5. The fourth-order valence-corrected chi connectivity index (χ4v) is 5.18. The molecule has 1 aliphatic rings. The Morgan fingerprint density at radius 2 is 1.60 bits per heavy atom. The lowest BCUT2D eigenvalue weighted by Crippen LogP contribution is -2.50. The molecule has 0 saturated heterocycles. The van der Waals surface area contributed by atoms with Gasteiger partial charge < -0.3 is 41.2 Å². The molecule has 5 aromatic rings. The number of pyridine rings is 2. The van der Waals surface area contributed by atoms with Gasteiger partial charge in [-0.1, -0.05) is 23.7 Å². The molecule has 0 unspecified atom stereocenters. The third-order valence-corrected chi connectivity index (χ3v) is 8.26. The summed E-state index contributed by atoms with van der Waals surface area (Å²) < 4.78 is 49.2. The molecule has 3 amide bonds. The van der Waals surface area contributed by atoms with E-state index in [-0.39, 0.29) is 29.0 Å². The van der Waals surface area contributed by atoms with Crippen molar-refractivity contribution in [2.75, 3.05) is 29.1 Å². The first-order chi connectivity index (χ1) is 27.2. The number of carboxylic acids is 1. The number of aliphatic carboxylic acids is 1. The van der Waals surface area contributed by atoms with Crippen LogP contribution in [0.4, 0.5) is 36.4 Å². The van der Waals surface area contributed by atoms with Crippen LogP contribution in [-0.4, -0.2) is 79.1 Å². The molecule has 294 valence electrons. The number of carboxylic acid groups (broad SMARTS) is 1. The number of halogens is 4. The highest BCUT2D eigenvalue weighted by Crippen LogP contribution is 2.48. The van der Waals surface area contributed by atoms with E-state index in [9.17, 15) is 37.5 Å². The molecule has 0 bridgehead atoms. The molecule has 1 atom stereocenters. The number of anilines is 4. The van der Waals surface area contributed by atoms with Crippen LogP contribution in [0.2, 0.25) is 5.02 Å². The lowest BCUT2D eigenvalue weighted by Gasteiger charge is -2.19. The minimum atomic E-state index is -4.66. The number of hydrogen-bond donors (Lipinski definition) is 6. The van der Waals surface area contributed by atoms with E-state index in [1.807, 2.05) is 12.1 Å². The van der Waals surface area contributed by atoms with Crippen molar-refractivity contribution in [3.8, 4) is 17.6 Å². The predicted molar refractivity (Wildman–Crippen MR) is 196 cm³/mol. The van der Waals surface area contributed by atoms with Crippen LogP contribution in [0.25, 0.3) is 0 Å². The lowest BCUT2D eigenvalue weighted by molar-refractivity contribution is -0.154. The van der Waals surface area contributed by atoms with Crippen molar-refractivity contribution in [2.24, 2.45) is 0 Å². The molecule has 0 aliphatic heterocycles. The van der Waals surface area contributed by atoms with Crippen molar-refractivity contribution in [1.29, 1.82) is 0 Å². The van der Waals surface area contributed by atoms with E-state index in [1.54, 1.807) is 30.5 Å². The topological polar surface area (TPSA) is 232 Å². The predicted octanol–water partition coefficient (Wildman–Crippen LogP) is 4.83. The number of carbonyl (C=O) groups excluding carboxylic acids is 3. The van der Waals surface area contributed by atoms with E-state index in [0.29, 0.717) is 29.3 Å². The van der Waals surface area contributed by atoms with E-state index in [4.69, 9.17) is 21.1 Å². The summed E-state index contributed by atoms with van der Waals surface area (Å²) in [5.74, 6) is -4.23. The van der Waals surface area contributed by atoms with Crippen LogP contribution in [0.3, 0.4) is 0 Å². The van der Waals surface area contributed by atoms with Gasteiger partial charge in [0.15, 0.2) is 6.61 Å². The van der Waals surface area contributed by atoms with Crippen molar-refractivity contribution in [3.63, 3.8) is 0 Å². The molecule has 0 spiro atoms. The van der Waals surface area contributed by atoms with Gasteiger partial charge in [-0.3, -0.25) is 19.4 Å². The second kappa shape index (κ2) is 17.1. The normalized spacial score (nSPS) is 13.3. The van der Waals surface area contributed by atoms with Gasteiger partial charge in [0.1, 0.15) is 11.8 Å². The molecule has 6 N–H and O–H groups in total. The molecule has 57 heavy (non-hydrogen) atoms. The van der Waals surface area contributed by atoms with Gasteiger partial charge in [0.05, 0.1) is 23.6 Å². The van der Waals surface area contributed by atoms with Crippen LogP contribution < -0.4 is 36.1 Å². The van der Waals surface area contributed by atoms with Crippen LogP contribution in [0.1, 0.15) is 28.8 Å². The highest BCUT2D eigenvalue weighted by Gasteiger charge is 2.45. The Balaban J connectivity index is 1.04. The zero-order chi connectivity index (χ0) is 40.6. The number of rotatable bonds is 15. The maximum absolute atomic E-state index is 12.9. The average molecular weight is 807 g/mol. The molecule has 0 radical (unpaired) electrons. The fraction of sp³-hybridized carbons (Fsp3) is 0.194. The molecule has 1 aliphatic carbocycles. The van der Waals surface area contributed by atoms with Gasteiger partial charge >= 0.3 is 30.0 Å². The van der Waals surface area contributed by atoms with Crippen LogP contribution in [-0.2, 0) is 19.9 Å². The van der Waals surface area contributed by atoms with E-state index in [0.717, 1.165) is 5.56 Å². The summed E-state index contributed by atoms with van der Waals surface area (Å²) in [5, 5.41) is 22.9. The summed E-state index contributed by atoms with van der Waals surface area (Å²) in [4.78, 5) is 69.9. The number of hydrogen-bond acceptors (Lipinski definition) is 13. The first-order valence-electron chi connectivity index (χ1n) is 16.8. The molecule has 3 aromatic heterocycles. The minimum absolute atomic E-state index is 0.00478. The Hall–Kier alpha value is -7.09. The first-order valence-corrected chi connectivity index (χ1v) is 17.2. The maximum Gasteiger partial charge on any atom is 0.422 e. The van der Waals surface area contributed by atoms with Gasteiger partial charge in [-0.05, 0) is 73.0 Å². The Kier molecular flexibility index (Phi) is 11.9. The highest BCUT2D eigenvalue weighted by molar-refractivity contribution is 6.39. The molecule has 6 rings (SSSR count). The van der Waals surface area contributed by atoms with Crippen LogP contribution in [0.15, 0.2) is 91.4 Å². The van der Waals surface area contributed by atoms with E-state index >= 15 is 0 Å². The molecule has 17 nitrogen and oxygen atoms in total. The Morgan fingerprint density at radius 1 is 0.877 bits per heavy atom. The molecule has 2 aromatic carbocycles. The Bertz CT molecular complexity index is 2230. The van der Waals surface area contributed by atoms with Crippen molar-refractivity contribution in [2.45, 2.75) is 30.6 Å². The average Bonchev–Trinajstić information content (AvgIpc) is 3.96. The zero-order valence-corrected chi connectivity index (χ0v) is 30.0. The van der Waals surface area contributed by atoms with Gasteiger partial charge in [-0.15, -0.1) is 0 Å². The van der Waals surface area contributed by atoms with Crippen LogP contribution in [0, 0.1) is 0 Å². The Morgan fingerprint density at radius 3 is 2.23 bits per heavy atom. The quantitative estimate of drug-likeness (QED) is 0.0779. The second-order valence-corrected chi connectivity index (χ2v) is 12.7. The monoisotopic (exact) mass is 806 g/mol. The SMILES string of the molecule is O=C(NC[C@H](NC(=O)c1ccc(Nc2nc(NC3(c4ccc(Cl)cc4)CC3)nc(OCC(F)(F)F)n2)cc1)C(=O)O)C(=O)Nc1ccc(Oc2cccnc2)nc1. The zero-order valence-electron chi connectivity index (χ0n) is 29.2. The van der Waals surface area contributed by atoms with Crippen molar-refractivity contribution >= 4 is 58.6 Å². The second-order valence-electron chi connectivity index (χ2n) is 12.3. The summed E-state index contributed by atoms with van der Waals surface area (Å²) in [7, 11) is 0. The largest absolute Gasteiger partial charge is 0.480 e. The molecule has 21 heteroatoms. The number of nitrogens with zero attached hydrogens (tertiary/aromatic N) is 5. The minimum Gasteiger partial charge on any atom is -0.480 e. The van der Waals surface area contributed by atoms with E-state index < -0.39 is 60.6 Å². The first kappa shape index (κ1) is 39.6. The van der Waals surface area contributed by atoms with Crippen LogP contribution in [0.5, 0.6) is 17.6 Å². The van der Waals surface area contributed by atoms with E-state index in [1.165, 1.54) is 48.8 Å². The van der Waals surface area contributed by atoms with Gasteiger partial charge in [-0.2, -0.15) is 28.1 Å². The number of carbonyl (C=O) groups is 4. The summed E-state index contributed by atoms with van der Waals surface area (Å²) >= 11 is 6.02. The fourth-order valence-electron chi connectivity index (χ4n) is 5.05. The summed E-state index contributed by atoms with van der Waals surface area (Å²) in [6.45, 7) is -2.29. The maximum atomic E-state index is 12.9. The number of amides is 3. The number of nitrogens with one attached hydrogen (secondary N) is 5.